The zero-order valence-corrected chi connectivity index (χ0v) is 12.7. The van der Waals surface area contributed by atoms with Crippen molar-refractivity contribution in [2.75, 3.05) is 0 Å². The van der Waals surface area contributed by atoms with Crippen LogP contribution in [0.5, 0.6) is 0 Å². The second-order valence-electron chi connectivity index (χ2n) is 4.15. The molecular weight excluding hydrogens is 342 g/mol. The van der Waals surface area contributed by atoms with Crippen molar-refractivity contribution in [1.82, 2.24) is 10.3 Å². The third kappa shape index (κ3) is 3.46. The number of nitrogens with one attached hydrogen (secondary N) is 1. The second kappa shape index (κ2) is 6.49. The van der Waals surface area contributed by atoms with E-state index in [4.69, 9.17) is 4.42 Å². The molecule has 110 valence electrons. The van der Waals surface area contributed by atoms with Gasteiger partial charge in [-0.15, -0.1) is 0 Å². The number of amides is 1. The van der Waals surface area contributed by atoms with Gasteiger partial charge >= 0.3 is 0 Å². The van der Waals surface area contributed by atoms with Gasteiger partial charge in [-0.3, -0.25) is 14.9 Å². The molecule has 7 nitrogen and oxygen atoms in total. The Kier molecular flexibility index (Phi) is 4.69. The number of rotatable bonds is 5. The number of oxazole rings is 1. The van der Waals surface area contributed by atoms with Gasteiger partial charge in [-0.05, 0) is 22.0 Å². The van der Waals surface area contributed by atoms with Gasteiger partial charge in [0.25, 0.3) is 11.6 Å². The van der Waals surface area contributed by atoms with Gasteiger partial charge in [-0.1, -0.05) is 13.0 Å². The Morgan fingerprint density at radius 1 is 1.52 bits per heavy atom. The number of halogens is 1. The van der Waals surface area contributed by atoms with E-state index in [1.165, 1.54) is 18.2 Å². The third-order valence-electron chi connectivity index (χ3n) is 2.77. The molecule has 0 aliphatic rings. The van der Waals surface area contributed by atoms with Gasteiger partial charge in [0.1, 0.15) is 10.2 Å². The number of aryl methyl sites for hydroxylation is 1. The highest BCUT2D eigenvalue weighted by Crippen LogP contribution is 2.28. The van der Waals surface area contributed by atoms with Crippen LogP contribution in [-0.2, 0) is 13.0 Å². The zero-order chi connectivity index (χ0) is 15.4. The molecular formula is C13H12BrN3O4. The van der Waals surface area contributed by atoms with Crippen molar-refractivity contribution >= 4 is 27.5 Å². The van der Waals surface area contributed by atoms with E-state index in [1.54, 1.807) is 6.20 Å². The number of carbonyl (C=O) groups excluding carboxylic acids is 1. The number of nitro groups is 1. The van der Waals surface area contributed by atoms with Crippen molar-refractivity contribution in [2.24, 2.45) is 0 Å². The summed E-state index contributed by atoms with van der Waals surface area (Å²) in [6.45, 7) is 2.05. The number of nitro benzene ring substituents is 1. The van der Waals surface area contributed by atoms with Gasteiger partial charge in [-0.25, -0.2) is 4.98 Å². The van der Waals surface area contributed by atoms with Crippen LogP contribution in [0.4, 0.5) is 5.69 Å². The van der Waals surface area contributed by atoms with Crippen molar-refractivity contribution in [3.63, 3.8) is 0 Å². The summed E-state index contributed by atoms with van der Waals surface area (Å²) in [5, 5.41) is 13.4. The Bertz CT molecular complexity index is 684. The number of carbonyl (C=O) groups is 1. The molecule has 0 saturated heterocycles. The first kappa shape index (κ1) is 15.2. The third-order valence-corrected chi connectivity index (χ3v) is 3.60. The van der Waals surface area contributed by atoms with Crippen LogP contribution in [0, 0.1) is 10.1 Å². The summed E-state index contributed by atoms with van der Waals surface area (Å²) in [5.41, 5.74) is 0.0264. The minimum Gasteiger partial charge on any atom is -0.444 e. The summed E-state index contributed by atoms with van der Waals surface area (Å²) < 4.78 is 5.51. The number of hydrogen-bond acceptors (Lipinski definition) is 5. The molecule has 0 fully saturated rings. The molecule has 1 N–H and O–H groups in total. The van der Waals surface area contributed by atoms with Gasteiger partial charge < -0.3 is 9.73 Å². The molecule has 21 heavy (non-hydrogen) atoms. The average molecular weight is 354 g/mol. The molecule has 0 aliphatic heterocycles. The van der Waals surface area contributed by atoms with Gasteiger partial charge in [0.15, 0.2) is 0 Å². The number of benzene rings is 1. The molecule has 0 bridgehead atoms. The molecule has 0 spiro atoms. The fourth-order valence-corrected chi connectivity index (χ4v) is 2.27. The lowest BCUT2D eigenvalue weighted by Gasteiger charge is -2.05. The molecule has 0 aliphatic carbocycles. The average Bonchev–Trinajstić information content (AvgIpc) is 2.92. The summed E-state index contributed by atoms with van der Waals surface area (Å²) in [6, 6.07) is 4.28. The lowest BCUT2D eigenvalue weighted by Crippen LogP contribution is -2.23. The summed E-state index contributed by atoms with van der Waals surface area (Å²) in [4.78, 5) is 26.4. The van der Waals surface area contributed by atoms with Gasteiger partial charge in [0, 0.05) is 12.5 Å². The molecule has 1 aromatic carbocycles. The van der Waals surface area contributed by atoms with Crippen molar-refractivity contribution in [1.29, 1.82) is 0 Å². The molecule has 2 rings (SSSR count). The lowest BCUT2D eigenvalue weighted by molar-refractivity contribution is -0.385. The van der Waals surface area contributed by atoms with E-state index in [1.807, 2.05) is 6.92 Å². The number of hydrogen-bond donors (Lipinski definition) is 1. The highest BCUT2D eigenvalue weighted by atomic mass is 79.9. The predicted octanol–water partition coefficient (Wildman–Crippen LogP) is 2.84. The van der Waals surface area contributed by atoms with Crippen LogP contribution in [0.15, 0.2) is 33.3 Å². The largest absolute Gasteiger partial charge is 0.444 e. The molecule has 1 heterocycles. The van der Waals surface area contributed by atoms with Crippen LogP contribution in [-0.4, -0.2) is 15.8 Å². The molecule has 0 radical (unpaired) electrons. The minimum absolute atomic E-state index is 0.119. The van der Waals surface area contributed by atoms with Crippen molar-refractivity contribution in [2.45, 2.75) is 19.9 Å². The Labute approximate surface area is 128 Å². The Morgan fingerprint density at radius 2 is 2.29 bits per heavy atom. The van der Waals surface area contributed by atoms with Crippen molar-refractivity contribution in [3.8, 4) is 0 Å². The standard InChI is InChI=1S/C13H12BrN3O4/c1-2-8-6-15-11(21-8)7-16-13(18)9-4-3-5-10(12(9)14)17(19)20/h3-6H,2,7H2,1H3,(H,16,18). The number of nitrogens with zero attached hydrogens (tertiary/aromatic N) is 2. The molecule has 1 aromatic heterocycles. The maximum absolute atomic E-state index is 12.1. The molecule has 8 heteroatoms. The quantitative estimate of drug-likeness (QED) is 0.658. The van der Waals surface area contributed by atoms with Crippen LogP contribution in [0.2, 0.25) is 0 Å². The topological polar surface area (TPSA) is 98.3 Å². The maximum atomic E-state index is 12.1. The first-order chi connectivity index (χ1) is 10.0. The van der Waals surface area contributed by atoms with Crippen LogP contribution in [0.1, 0.15) is 28.9 Å². The Balaban J connectivity index is 2.10. The minimum atomic E-state index is -0.553. The van der Waals surface area contributed by atoms with Crippen LogP contribution in [0.3, 0.4) is 0 Å². The smallest absolute Gasteiger partial charge is 0.284 e. The first-order valence-electron chi connectivity index (χ1n) is 6.17. The van der Waals surface area contributed by atoms with Gasteiger partial charge in [0.05, 0.1) is 23.2 Å². The molecule has 1 amide bonds. The fraction of sp³-hybridized carbons (Fsp3) is 0.231. The lowest BCUT2D eigenvalue weighted by atomic mass is 10.2. The van der Waals surface area contributed by atoms with Crippen LogP contribution in [0.25, 0.3) is 0 Å². The van der Waals surface area contributed by atoms with E-state index in [-0.39, 0.29) is 22.3 Å². The summed E-state index contributed by atoms with van der Waals surface area (Å²) in [5.74, 6) is 0.680. The molecule has 0 atom stereocenters. The summed E-state index contributed by atoms with van der Waals surface area (Å²) >= 11 is 3.08. The van der Waals surface area contributed by atoms with Gasteiger partial charge in [-0.2, -0.15) is 0 Å². The molecule has 0 unspecified atom stereocenters. The van der Waals surface area contributed by atoms with Crippen LogP contribution < -0.4 is 5.32 Å². The first-order valence-corrected chi connectivity index (χ1v) is 6.97. The number of aromatic nitrogens is 1. The van der Waals surface area contributed by atoms with E-state index in [2.05, 4.69) is 26.2 Å². The molecule has 0 saturated carbocycles. The Hall–Kier alpha value is -2.22. The van der Waals surface area contributed by atoms with E-state index >= 15 is 0 Å². The summed E-state index contributed by atoms with van der Waals surface area (Å²) in [7, 11) is 0. The van der Waals surface area contributed by atoms with E-state index in [0.717, 1.165) is 12.2 Å². The highest BCUT2D eigenvalue weighted by Gasteiger charge is 2.19. The maximum Gasteiger partial charge on any atom is 0.284 e. The monoisotopic (exact) mass is 353 g/mol. The van der Waals surface area contributed by atoms with Crippen molar-refractivity contribution < 1.29 is 14.1 Å². The predicted molar refractivity (Wildman–Crippen MR) is 77.8 cm³/mol. The molecule has 2 aromatic rings. The summed E-state index contributed by atoms with van der Waals surface area (Å²) in [6.07, 6.45) is 2.32. The van der Waals surface area contributed by atoms with Gasteiger partial charge in [0.2, 0.25) is 5.89 Å². The normalized spacial score (nSPS) is 10.4. The Morgan fingerprint density at radius 3 is 2.90 bits per heavy atom. The van der Waals surface area contributed by atoms with E-state index < -0.39 is 10.8 Å². The van der Waals surface area contributed by atoms with Crippen molar-refractivity contribution in [3.05, 3.63) is 56.2 Å². The fourth-order valence-electron chi connectivity index (χ4n) is 1.68. The SMILES string of the molecule is CCc1cnc(CNC(=O)c2cccc([N+](=O)[O-])c2Br)o1. The highest BCUT2D eigenvalue weighted by molar-refractivity contribution is 9.10. The second-order valence-corrected chi connectivity index (χ2v) is 4.95. The van der Waals surface area contributed by atoms with Crippen LogP contribution >= 0.6 is 15.9 Å². The van der Waals surface area contributed by atoms with E-state index in [0.29, 0.717) is 5.89 Å². The van der Waals surface area contributed by atoms with E-state index in [9.17, 15) is 14.9 Å². The zero-order valence-electron chi connectivity index (χ0n) is 11.1.